The maximum Gasteiger partial charge on any atom is 0.330 e. The fourth-order valence-corrected chi connectivity index (χ4v) is 1.98. The van der Waals surface area contributed by atoms with Crippen LogP contribution in [0.3, 0.4) is 0 Å². The van der Waals surface area contributed by atoms with Crippen LogP contribution in [-0.2, 0) is 9.53 Å². The smallest absolute Gasteiger partial charge is 0.330 e. The number of aromatic nitrogens is 2. The van der Waals surface area contributed by atoms with Crippen molar-refractivity contribution >= 4 is 5.97 Å². The van der Waals surface area contributed by atoms with Crippen molar-refractivity contribution in [2.45, 2.75) is 19.9 Å². The molecule has 0 N–H and O–H groups in total. The van der Waals surface area contributed by atoms with E-state index in [4.69, 9.17) is 9.47 Å². The summed E-state index contributed by atoms with van der Waals surface area (Å²) < 4.78 is 11.2. The lowest BCUT2D eigenvalue weighted by Gasteiger charge is -2.13. The summed E-state index contributed by atoms with van der Waals surface area (Å²) in [7, 11) is 1.59. The molecule has 0 fully saturated rings. The number of carbonyl (C=O) groups is 1. The van der Waals surface area contributed by atoms with Gasteiger partial charge in [-0.3, -0.25) is 4.79 Å². The van der Waals surface area contributed by atoms with E-state index >= 15 is 0 Å². The summed E-state index contributed by atoms with van der Waals surface area (Å²) in [5, 5.41) is 4.26. The first-order valence-corrected chi connectivity index (χ1v) is 6.97. The molecule has 116 valence electrons. The monoisotopic (exact) mass is 302 g/mol. The van der Waals surface area contributed by atoms with Crippen molar-refractivity contribution in [1.29, 1.82) is 0 Å². The molecular weight excluding hydrogens is 284 g/mol. The molecule has 0 aliphatic heterocycles. The predicted molar refractivity (Wildman–Crippen MR) is 81.8 cm³/mol. The van der Waals surface area contributed by atoms with Crippen LogP contribution in [0.5, 0.6) is 5.75 Å². The van der Waals surface area contributed by atoms with Crippen LogP contribution in [0.4, 0.5) is 0 Å². The first kappa shape index (κ1) is 15.8. The molecule has 0 radical (unpaired) electrons. The maximum absolute atomic E-state index is 11.9. The molecule has 2 rings (SSSR count). The van der Waals surface area contributed by atoms with Gasteiger partial charge in [-0.2, -0.15) is 5.10 Å². The van der Waals surface area contributed by atoms with Crippen LogP contribution in [-0.4, -0.2) is 29.5 Å². The number of hydrogen-bond donors (Lipinski definition) is 0. The second-order valence-electron chi connectivity index (χ2n) is 4.66. The van der Waals surface area contributed by atoms with Crippen LogP contribution in [0, 0.1) is 0 Å². The Kier molecular flexibility index (Phi) is 4.93. The minimum absolute atomic E-state index is 0.260. The highest BCUT2D eigenvalue weighted by atomic mass is 16.5. The van der Waals surface area contributed by atoms with Gasteiger partial charge in [0.15, 0.2) is 6.04 Å². The van der Waals surface area contributed by atoms with Gasteiger partial charge in [0, 0.05) is 11.6 Å². The SMILES string of the molecule is CCOC(=O)[C@@H](C)n1nc(-c2ccc(OC)cc2)ccc1=O. The molecule has 22 heavy (non-hydrogen) atoms. The highest BCUT2D eigenvalue weighted by molar-refractivity contribution is 5.73. The molecule has 0 saturated heterocycles. The Labute approximate surface area is 128 Å². The van der Waals surface area contributed by atoms with Gasteiger partial charge in [-0.05, 0) is 44.2 Å². The Morgan fingerprint density at radius 2 is 1.91 bits per heavy atom. The fraction of sp³-hybridized carbons (Fsp3) is 0.312. The van der Waals surface area contributed by atoms with E-state index in [-0.39, 0.29) is 12.2 Å². The lowest BCUT2D eigenvalue weighted by molar-refractivity contribution is -0.147. The zero-order valence-electron chi connectivity index (χ0n) is 12.8. The van der Waals surface area contributed by atoms with Gasteiger partial charge in [0.2, 0.25) is 0 Å². The summed E-state index contributed by atoms with van der Waals surface area (Å²) in [6.45, 7) is 3.56. The van der Waals surface area contributed by atoms with Crippen molar-refractivity contribution in [2.75, 3.05) is 13.7 Å². The first-order chi connectivity index (χ1) is 10.6. The van der Waals surface area contributed by atoms with Crippen molar-refractivity contribution in [3.8, 4) is 17.0 Å². The molecule has 1 aromatic heterocycles. The normalized spacial score (nSPS) is 11.8. The Hall–Kier alpha value is -2.63. The zero-order valence-corrected chi connectivity index (χ0v) is 12.8. The van der Waals surface area contributed by atoms with E-state index in [2.05, 4.69) is 5.10 Å². The first-order valence-electron chi connectivity index (χ1n) is 6.97. The van der Waals surface area contributed by atoms with Crippen LogP contribution in [0.2, 0.25) is 0 Å². The summed E-state index contributed by atoms with van der Waals surface area (Å²) >= 11 is 0. The highest BCUT2D eigenvalue weighted by Gasteiger charge is 2.19. The highest BCUT2D eigenvalue weighted by Crippen LogP contribution is 2.20. The van der Waals surface area contributed by atoms with Crippen molar-refractivity contribution < 1.29 is 14.3 Å². The van der Waals surface area contributed by atoms with Gasteiger partial charge in [-0.25, -0.2) is 9.48 Å². The molecule has 6 nitrogen and oxygen atoms in total. The Bertz CT molecular complexity index is 707. The molecule has 0 bridgehead atoms. The van der Waals surface area contributed by atoms with E-state index in [0.29, 0.717) is 5.69 Å². The van der Waals surface area contributed by atoms with E-state index in [1.54, 1.807) is 39.2 Å². The molecule has 2 aromatic rings. The van der Waals surface area contributed by atoms with Gasteiger partial charge in [0.25, 0.3) is 5.56 Å². The number of esters is 1. The minimum atomic E-state index is -0.773. The minimum Gasteiger partial charge on any atom is -0.497 e. The molecule has 0 saturated carbocycles. The van der Waals surface area contributed by atoms with Crippen LogP contribution in [0.25, 0.3) is 11.3 Å². The van der Waals surface area contributed by atoms with Crippen LogP contribution in [0.1, 0.15) is 19.9 Å². The van der Waals surface area contributed by atoms with Crippen molar-refractivity contribution in [3.63, 3.8) is 0 Å². The fourth-order valence-electron chi connectivity index (χ4n) is 1.98. The number of methoxy groups -OCH3 is 1. The molecule has 0 spiro atoms. The summed E-state index contributed by atoms with van der Waals surface area (Å²) in [6, 6.07) is 9.53. The van der Waals surface area contributed by atoms with Gasteiger partial charge in [0.05, 0.1) is 19.4 Å². The average molecular weight is 302 g/mol. The quantitative estimate of drug-likeness (QED) is 0.790. The topological polar surface area (TPSA) is 70.4 Å². The second kappa shape index (κ2) is 6.89. The Balaban J connectivity index is 2.37. The number of ether oxygens (including phenoxy) is 2. The van der Waals surface area contributed by atoms with Crippen molar-refractivity contribution in [3.05, 3.63) is 46.8 Å². The van der Waals surface area contributed by atoms with E-state index in [1.165, 1.54) is 6.07 Å². The molecule has 0 unspecified atom stereocenters. The molecule has 0 amide bonds. The van der Waals surface area contributed by atoms with E-state index < -0.39 is 12.0 Å². The average Bonchev–Trinajstić information content (AvgIpc) is 2.55. The molecule has 1 atom stereocenters. The van der Waals surface area contributed by atoms with E-state index in [0.717, 1.165) is 16.0 Å². The molecule has 1 heterocycles. The zero-order chi connectivity index (χ0) is 16.1. The lowest BCUT2D eigenvalue weighted by Crippen LogP contribution is -2.31. The third kappa shape index (κ3) is 3.33. The number of rotatable bonds is 5. The predicted octanol–water partition coefficient (Wildman–Crippen LogP) is 2.04. The molecule has 0 aliphatic rings. The number of hydrogen-bond acceptors (Lipinski definition) is 5. The third-order valence-electron chi connectivity index (χ3n) is 3.21. The van der Waals surface area contributed by atoms with Crippen molar-refractivity contribution in [2.24, 2.45) is 0 Å². The summed E-state index contributed by atoms with van der Waals surface area (Å²) in [5.74, 6) is 0.251. The Morgan fingerprint density at radius 1 is 1.23 bits per heavy atom. The molecule has 0 aliphatic carbocycles. The summed E-state index contributed by atoms with van der Waals surface area (Å²) in [6.07, 6.45) is 0. The van der Waals surface area contributed by atoms with E-state index in [1.807, 2.05) is 12.1 Å². The van der Waals surface area contributed by atoms with Gasteiger partial charge in [-0.1, -0.05) is 0 Å². The molecule has 1 aromatic carbocycles. The summed E-state index contributed by atoms with van der Waals surface area (Å²) in [4.78, 5) is 23.7. The van der Waals surface area contributed by atoms with E-state index in [9.17, 15) is 9.59 Å². The van der Waals surface area contributed by atoms with Gasteiger partial charge < -0.3 is 9.47 Å². The number of carbonyl (C=O) groups excluding carboxylic acids is 1. The second-order valence-corrected chi connectivity index (χ2v) is 4.66. The molecule has 6 heteroatoms. The third-order valence-corrected chi connectivity index (χ3v) is 3.21. The van der Waals surface area contributed by atoms with Crippen LogP contribution < -0.4 is 10.3 Å². The van der Waals surface area contributed by atoms with Gasteiger partial charge in [-0.15, -0.1) is 0 Å². The molecular formula is C16H18N2O4. The largest absolute Gasteiger partial charge is 0.497 e. The van der Waals surface area contributed by atoms with Crippen LogP contribution >= 0.6 is 0 Å². The summed E-state index contributed by atoms with van der Waals surface area (Å²) in [5.41, 5.74) is 1.07. The van der Waals surface area contributed by atoms with Gasteiger partial charge >= 0.3 is 5.97 Å². The standard InChI is InChI=1S/C16H18N2O4/c1-4-22-16(20)11(2)18-15(19)10-9-14(17-18)12-5-7-13(21-3)8-6-12/h5-11H,4H2,1-3H3/t11-/m1/s1. The maximum atomic E-state index is 11.9. The van der Waals surface area contributed by atoms with Crippen LogP contribution in [0.15, 0.2) is 41.2 Å². The number of benzene rings is 1. The van der Waals surface area contributed by atoms with Gasteiger partial charge in [0.1, 0.15) is 5.75 Å². The Morgan fingerprint density at radius 3 is 2.50 bits per heavy atom. The van der Waals surface area contributed by atoms with Crippen molar-refractivity contribution in [1.82, 2.24) is 9.78 Å². The number of nitrogens with zero attached hydrogens (tertiary/aromatic N) is 2. The lowest BCUT2D eigenvalue weighted by atomic mass is 10.1.